The van der Waals surface area contributed by atoms with Crippen LogP contribution in [0.4, 0.5) is 0 Å². The first-order valence-corrected chi connectivity index (χ1v) is 22.2. The highest BCUT2D eigenvalue weighted by molar-refractivity contribution is 6.16. The molecule has 0 unspecified atom stereocenters. The smallest absolute Gasteiger partial charge is 0.162 e. The number of fused-ring (bicyclic) bond motifs is 12. The molecule has 0 spiro atoms. The SMILES string of the molecule is c1ccc(-c2ccc(-c3nc(-n4c5cc(-n6c7ccccc7c7ccccc76)ccc5c5ccc(-n6c7ccccc7c7ccccc76)cc54)c4c(ccc5ccccc54)n3)cc2)cc1. The Labute approximate surface area is 373 Å². The molecule has 4 heterocycles. The summed E-state index contributed by atoms with van der Waals surface area (Å²) < 4.78 is 7.23. The summed E-state index contributed by atoms with van der Waals surface area (Å²) in [7, 11) is 0. The van der Waals surface area contributed by atoms with Crippen molar-refractivity contribution in [1.82, 2.24) is 23.7 Å². The van der Waals surface area contributed by atoms with Crippen molar-refractivity contribution in [1.29, 1.82) is 0 Å². The van der Waals surface area contributed by atoms with Gasteiger partial charge in [-0.2, -0.15) is 0 Å². The fourth-order valence-corrected chi connectivity index (χ4v) is 10.5. The van der Waals surface area contributed by atoms with Gasteiger partial charge in [0.05, 0.1) is 44.0 Å². The van der Waals surface area contributed by atoms with Crippen LogP contribution in [0.1, 0.15) is 0 Å². The van der Waals surface area contributed by atoms with Crippen LogP contribution < -0.4 is 0 Å². The van der Waals surface area contributed by atoms with Gasteiger partial charge in [0, 0.05) is 49.3 Å². The van der Waals surface area contributed by atoms with E-state index in [4.69, 9.17) is 9.97 Å². The molecule has 5 nitrogen and oxygen atoms in total. The normalized spacial score (nSPS) is 12.0. The first-order chi connectivity index (χ1) is 32.2. The third-order valence-corrected chi connectivity index (χ3v) is 13.4. The first-order valence-electron chi connectivity index (χ1n) is 22.2. The van der Waals surface area contributed by atoms with Gasteiger partial charge in [0.2, 0.25) is 0 Å². The molecule has 4 aromatic heterocycles. The van der Waals surface area contributed by atoms with E-state index in [1.807, 2.05) is 0 Å². The van der Waals surface area contributed by atoms with Crippen molar-refractivity contribution in [2.24, 2.45) is 0 Å². The summed E-state index contributed by atoms with van der Waals surface area (Å²) in [6, 6.07) is 80.9. The molecule has 10 aromatic carbocycles. The summed E-state index contributed by atoms with van der Waals surface area (Å²) >= 11 is 0. The van der Waals surface area contributed by atoms with E-state index in [0.29, 0.717) is 5.82 Å². The number of rotatable bonds is 5. The van der Waals surface area contributed by atoms with Gasteiger partial charge in [0.25, 0.3) is 0 Å². The Morgan fingerprint density at radius 3 is 1.25 bits per heavy atom. The molecular weight excluding hydrogens is 791 g/mol. The third kappa shape index (κ3) is 5.33. The first kappa shape index (κ1) is 35.8. The molecule has 302 valence electrons. The summed E-state index contributed by atoms with van der Waals surface area (Å²) in [6.45, 7) is 0. The Morgan fingerprint density at radius 2 is 0.708 bits per heavy atom. The van der Waals surface area contributed by atoms with Crippen molar-refractivity contribution >= 4 is 87.1 Å². The maximum absolute atomic E-state index is 5.69. The summed E-state index contributed by atoms with van der Waals surface area (Å²) in [5.74, 6) is 1.52. The van der Waals surface area contributed by atoms with Crippen LogP contribution in [-0.4, -0.2) is 23.7 Å². The van der Waals surface area contributed by atoms with Crippen LogP contribution >= 0.6 is 0 Å². The van der Waals surface area contributed by atoms with Crippen LogP contribution in [0.5, 0.6) is 0 Å². The van der Waals surface area contributed by atoms with E-state index in [9.17, 15) is 0 Å². The van der Waals surface area contributed by atoms with Gasteiger partial charge in [-0.3, -0.25) is 4.57 Å². The molecule has 0 saturated carbocycles. The van der Waals surface area contributed by atoms with Gasteiger partial charge in [-0.05, 0) is 76.5 Å². The fraction of sp³-hybridized carbons (Fsp3) is 0. The lowest BCUT2D eigenvalue weighted by Gasteiger charge is -2.16. The molecule has 0 radical (unpaired) electrons. The molecule has 5 heteroatoms. The molecule has 0 amide bonds. The maximum atomic E-state index is 5.69. The molecule has 0 fully saturated rings. The average molecular weight is 828 g/mol. The van der Waals surface area contributed by atoms with Gasteiger partial charge >= 0.3 is 0 Å². The lowest BCUT2D eigenvalue weighted by Crippen LogP contribution is -2.04. The van der Waals surface area contributed by atoms with Gasteiger partial charge in [0.1, 0.15) is 5.82 Å². The monoisotopic (exact) mass is 827 g/mol. The number of aromatic nitrogens is 5. The molecule has 65 heavy (non-hydrogen) atoms. The molecule has 0 atom stereocenters. The van der Waals surface area contributed by atoms with Crippen molar-refractivity contribution in [2.75, 3.05) is 0 Å². The Bertz CT molecular complexity index is 3950. The second-order valence-corrected chi connectivity index (χ2v) is 17.0. The second-order valence-electron chi connectivity index (χ2n) is 17.0. The van der Waals surface area contributed by atoms with Crippen molar-refractivity contribution in [2.45, 2.75) is 0 Å². The Kier molecular flexibility index (Phi) is 7.62. The zero-order valence-electron chi connectivity index (χ0n) is 35.1. The number of para-hydroxylation sites is 4. The quantitative estimate of drug-likeness (QED) is 0.162. The van der Waals surface area contributed by atoms with Crippen molar-refractivity contribution < 1.29 is 0 Å². The Balaban J connectivity index is 1.11. The van der Waals surface area contributed by atoms with E-state index < -0.39 is 0 Å². The van der Waals surface area contributed by atoms with Crippen LogP contribution in [0.3, 0.4) is 0 Å². The third-order valence-electron chi connectivity index (χ3n) is 13.4. The number of nitrogens with zero attached hydrogens (tertiary/aromatic N) is 5. The van der Waals surface area contributed by atoms with Crippen molar-refractivity contribution in [3.05, 3.63) is 224 Å². The zero-order chi connectivity index (χ0) is 42.6. The van der Waals surface area contributed by atoms with E-state index in [0.717, 1.165) is 71.8 Å². The lowest BCUT2D eigenvalue weighted by molar-refractivity contribution is 1.07. The lowest BCUT2D eigenvalue weighted by atomic mass is 10.0. The topological polar surface area (TPSA) is 40.6 Å². The van der Waals surface area contributed by atoms with Crippen molar-refractivity contribution in [3.63, 3.8) is 0 Å². The van der Waals surface area contributed by atoms with Gasteiger partial charge < -0.3 is 9.13 Å². The average Bonchev–Trinajstić information content (AvgIpc) is 4.01. The zero-order valence-corrected chi connectivity index (χ0v) is 35.1. The molecule has 14 aromatic rings. The minimum atomic E-state index is 0.675. The standard InChI is InChI=1S/C60H37N5/c1-2-14-38(15-3-1)39-26-28-41(29-27-39)59-61-51-35-30-40-16-4-5-17-44(40)58(51)60(62-59)65-56-36-42(63-52-22-10-6-18-45(52)46-19-7-11-23-53(46)63)31-33-49(56)50-34-32-43(37-57(50)65)64-54-24-12-8-20-47(54)48-21-9-13-25-55(48)64/h1-37H. The summed E-state index contributed by atoms with van der Waals surface area (Å²) in [5.41, 5.74) is 13.2. The van der Waals surface area contributed by atoms with Gasteiger partial charge in [-0.15, -0.1) is 0 Å². The predicted molar refractivity (Wildman–Crippen MR) is 271 cm³/mol. The molecular formula is C60H37N5. The molecule has 0 N–H and O–H groups in total. The highest BCUT2D eigenvalue weighted by Crippen LogP contribution is 2.41. The highest BCUT2D eigenvalue weighted by atomic mass is 15.1. The molecule has 14 rings (SSSR count). The van der Waals surface area contributed by atoms with Gasteiger partial charge in [0.15, 0.2) is 5.82 Å². The predicted octanol–water partition coefficient (Wildman–Crippen LogP) is 15.4. The second kappa shape index (κ2) is 13.9. The maximum Gasteiger partial charge on any atom is 0.162 e. The Hall–Kier alpha value is -8.80. The highest BCUT2D eigenvalue weighted by Gasteiger charge is 2.23. The number of hydrogen-bond acceptors (Lipinski definition) is 2. The molecule has 0 aliphatic heterocycles. The minimum Gasteiger partial charge on any atom is -0.309 e. The number of hydrogen-bond donors (Lipinski definition) is 0. The van der Waals surface area contributed by atoms with Gasteiger partial charge in [-0.1, -0.05) is 170 Å². The van der Waals surface area contributed by atoms with Crippen LogP contribution in [0.2, 0.25) is 0 Å². The van der Waals surface area contributed by atoms with Crippen LogP contribution in [0.15, 0.2) is 224 Å². The molecule has 0 aliphatic carbocycles. The largest absolute Gasteiger partial charge is 0.309 e. The van der Waals surface area contributed by atoms with Crippen LogP contribution in [-0.2, 0) is 0 Å². The summed E-state index contributed by atoms with van der Waals surface area (Å²) in [5, 5.41) is 10.5. The van der Waals surface area contributed by atoms with Crippen LogP contribution in [0.25, 0.3) is 127 Å². The minimum absolute atomic E-state index is 0.675. The summed E-state index contributed by atoms with van der Waals surface area (Å²) in [6.07, 6.45) is 0. The molecule has 0 bridgehead atoms. The number of benzene rings is 10. The van der Waals surface area contributed by atoms with E-state index in [1.165, 1.54) is 49.2 Å². The van der Waals surface area contributed by atoms with E-state index in [2.05, 4.69) is 238 Å². The summed E-state index contributed by atoms with van der Waals surface area (Å²) in [4.78, 5) is 11.0. The van der Waals surface area contributed by atoms with Gasteiger partial charge in [-0.25, -0.2) is 9.97 Å². The Morgan fingerprint density at radius 1 is 0.277 bits per heavy atom. The molecule has 0 aliphatic rings. The van der Waals surface area contributed by atoms with Crippen LogP contribution in [0, 0.1) is 0 Å². The van der Waals surface area contributed by atoms with E-state index in [1.54, 1.807) is 0 Å². The fourth-order valence-electron chi connectivity index (χ4n) is 10.5. The van der Waals surface area contributed by atoms with E-state index in [-0.39, 0.29) is 0 Å². The van der Waals surface area contributed by atoms with Crippen molar-refractivity contribution in [3.8, 4) is 39.7 Å². The van der Waals surface area contributed by atoms with E-state index >= 15 is 0 Å². The molecule has 0 saturated heterocycles.